The third-order valence-electron chi connectivity index (χ3n) is 0. The van der Waals surface area contributed by atoms with Gasteiger partial charge in [-0.15, -0.1) is 0 Å². The van der Waals surface area contributed by atoms with Crippen molar-refractivity contribution in [3.63, 3.8) is 0 Å². The Kier molecular flexibility index (Phi) is 5.09. The number of carbonyl (C=O) groups excluding carboxylic acids is 1. The summed E-state index contributed by atoms with van der Waals surface area (Å²) >= 11 is 0. The van der Waals surface area contributed by atoms with Gasteiger partial charge in [-0.2, -0.15) is 0 Å². The van der Waals surface area contributed by atoms with E-state index < -0.39 is 16.0 Å². The van der Waals surface area contributed by atoms with Gasteiger partial charge in [0.1, 0.15) is 9.84 Å². The van der Waals surface area contributed by atoms with E-state index in [0.29, 0.717) is 0 Å². The fraction of sp³-hybridized carbons (Fsp3) is 0.667. The standard InChI is InChI=1S/C2H6O2S.CH2O3/c1-5(2,3)4;2-1(3)4/h1-2H3;(H2,2,3,4)/p-2. The van der Waals surface area contributed by atoms with E-state index in [9.17, 15) is 8.42 Å². The summed E-state index contributed by atoms with van der Waals surface area (Å²) in [5.41, 5.74) is 0. The van der Waals surface area contributed by atoms with Crippen LogP contribution in [0.1, 0.15) is 0 Å². The Morgan fingerprint density at radius 3 is 1.22 bits per heavy atom. The minimum Gasteiger partial charge on any atom is -0.652 e. The van der Waals surface area contributed by atoms with Crippen LogP contribution in [0.3, 0.4) is 0 Å². The summed E-state index contributed by atoms with van der Waals surface area (Å²) in [6, 6.07) is 0. The molecule has 0 rings (SSSR count). The Morgan fingerprint density at radius 1 is 1.22 bits per heavy atom. The van der Waals surface area contributed by atoms with Gasteiger partial charge in [-0.1, -0.05) is 0 Å². The molecule has 0 atom stereocenters. The van der Waals surface area contributed by atoms with Gasteiger partial charge in [0.25, 0.3) is 0 Å². The maximum atomic E-state index is 9.63. The summed E-state index contributed by atoms with van der Waals surface area (Å²) in [4.78, 5) is 8.33. The Bertz CT molecular complexity index is 155. The molecule has 0 aromatic heterocycles. The first-order valence-corrected chi connectivity index (χ1v) is 4.06. The van der Waals surface area contributed by atoms with Crippen molar-refractivity contribution in [2.45, 2.75) is 0 Å². The molecule has 0 radical (unpaired) electrons. The van der Waals surface area contributed by atoms with Gasteiger partial charge in [-0.3, -0.25) is 0 Å². The maximum Gasteiger partial charge on any atom is 0.144 e. The first-order valence-electron chi connectivity index (χ1n) is 1.76. The molecule has 0 unspecified atom stereocenters. The second kappa shape index (κ2) is 4.13. The van der Waals surface area contributed by atoms with E-state index in [1.165, 1.54) is 0 Å². The van der Waals surface area contributed by atoms with E-state index in [2.05, 4.69) is 0 Å². The van der Waals surface area contributed by atoms with E-state index in [1.807, 2.05) is 0 Å². The van der Waals surface area contributed by atoms with E-state index in [-0.39, 0.29) is 0 Å². The highest BCUT2D eigenvalue weighted by molar-refractivity contribution is 7.89. The van der Waals surface area contributed by atoms with Crippen molar-refractivity contribution in [3.8, 4) is 0 Å². The zero-order chi connectivity index (χ0) is 8.08. The Balaban J connectivity index is 0. The number of sulfone groups is 1. The average Bonchev–Trinajstić information content (AvgIpc) is 1.19. The van der Waals surface area contributed by atoms with Crippen LogP contribution in [0.5, 0.6) is 0 Å². The molecule has 9 heavy (non-hydrogen) atoms. The molecule has 0 saturated carbocycles. The van der Waals surface area contributed by atoms with Crippen molar-refractivity contribution < 1.29 is 23.4 Å². The Labute approximate surface area is 52.9 Å². The topological polar surface area (TPSA) is 97.3 Å². The summed E-state index contributed by atoms with van der Waals surface area (Å²) < 4.78 is 19.3. The molecule has 0 fully saturated rings. The van der Waals surface area contributed by atoms with Gasteiger partial charge in [0, 0.05) is 12.5 Å². The Morgan fingerprint density at radius 2 is 1.22 bits per heavy atom. The molecule has 0 aliphatic rings. The van der Waals surface area contributed by atoms with E-state index >= 15 is 0 Å². The molecule has 0 aliphatic carbocycles. The van der Waals surface area contributed by atoms with Crippen LogP contribution in [0.25, 0.3) is 0 Å². The molecular weight excluding hydrogens is 148 g/mol. The SMILES string of the molecule is CS(C)(=O)=O.O=C([O-])[O-]. The lowest BCUT2D eigenvalue weighted by Crippen LogP contribution is -2.37. The highest BCUT2D eigenvalue weighted by Crippen LogP contribution is 1.61. The van der Waals surface area contributed by atoms with Crippen LogP contribution in [-0.2, 0) is 9.84 Å². The van der Waals surface area contributed by atoms with Crippen molar-refractivity contribution in [1.29, 1.82) is 0 Å². The van der Waals surface area contributed by atoms with Gasteiger partial charge < -0.3 is 15.0 Å². The van der Waals surface area contributed by atoms with E-state index in [4.69, 9.17) is 15.0 Å². The molecule has 0 spiro atoms. The molecule has 0 bridgehead atoms. The smallest absolute Gasteiger partial charge is 0.144 e. The predicted molar refractivity (Wildman–Crippen MR) is 26.2 cm³/mol. The summed E-state index contributed by atoms with van der Waals surface area (Å²) in [6.07, 6.45) is -0.0139. The van der Waals surface area contributed by atoms with Crippen molar-refractivity contribution in [2.24, 2.45) is 0 Å². The number of carbonyl (C=O) groups is 1. The van der Waals surface area contributed by atoms with Crippen LogP contribution in [0.15, 0.2) is 0 Å². The summed E-state index contributed by atoms with van der Waals surface area (Å²) in [6.45, 7) is 0. The normalized spacial score (nSPS) is 9.11. The average molecular weight is 154 g/mol. The van der Waals surface area contributed by atoms with Crippen molar-refractivity contribution in [3.05, 3.63) is 0 Å². The molecule has 0 heterocycles. The minimum atomic E-state index is -2.67. The van der Waals surface area contributed by atoms with Gasteiger partial charge >= 0.3 is 0 Å². The minimum absolute atomic E-state index is 1.16. The number of hydrogen-bond donors (Lipinski definition) is 0. The quantitative estimate of drug-likeness (QED) is 0.375. The zero-order valence-corrected chi connectivity index (χ0v) is 5.77. The molecule has 0 N–H and O–H groups in total. The maximum absolute atomic E-state index is 9.63. The predicted octanol–water partition coefficient (Wildman–Crippen LogP) is -2.79. The summed E-state index contributed by atoms with van der Waals surface area (Å²) in [5.74, 6) is 0. The van der Waals surface area contributed by atoms with Gasteiger partial charge in [-0.25, -0.2) is 8.42 Å². The molecule has 5 nitrogen and oxygen atoms in total. The van der Waals surface area contributed by atoms with Gasteiger partial charge in [0.15, 0.2) is 0 Å². The van der Waals surface area contributed by atoms with Crippen LogP contribution in [0, 0.1) is 0 Å². The third kappa shape index (κ3) is 323. The second-order valence-electron chi connectivity index (χ2n) is 1.39. The first-order chi connectivity index (χ1) is 3.73. The zero-order valence-electron chi connectivity index (χ0n) is 4.95. The molecule has 0 aliphatic heterocycles. The molecular formula is C3H6O5S-2. The summed E-state index contributed by atoms with van der Waals surface area (Å²) in [5, 5.41) is 16.7. The van der Waals surface area contributed by atoms with Crippen molar-refractivity contribution in [1.82, 2.24) is 0 Å². The molecule has 0 saturated heterocycles. The van der Waals surface area contributed by atoms with Gasteiger partial charge in [-0.05, 0) is 6.16 Å². The van der Waals surface area contributed by atoms with Crippen LogP contribution in [-0.4, -0.2) is 27.1 Å². The summed E-state index contributed by atoms with van der Waals surface area (Å²) in [7, 11) is -2.67. The highest BCUT2D eigenvalue weighted by Gasteiger charge is 1.79. The molecule has 0 aromatic rings. The lowest BCUT2D eigenvalue weighted by atomic mass is 11.5. The lowest BCUT2D eigenvalue weighted by Gasteiger charge is -1.96. The van der Waals surface area contributed by atoms with Crippen molar-refractivity contribution >= 4 is 16.0 Å². The van der Waals surface area contributed by atoms with Gasteiger partial charge in [0.2, 0.25) is 0 Å². The van der Waals surface area contributed by atoms with Crippen LogP contribution >= 0.6 is 0 Å². The van der Waals surface area contributed by atoms with Crippen LogP contribution < -0.4 is 10.2 Å². The fourth-order valence-electron chi connectivity index (χ4n) is 0. The number of hydrogen-bond acceptors (Lipinski definition) is 5. The second-order valence-corrected chi connectivity index (χ2v) is 3.68. The molecule has 56 valence electrons. The Hall–Kier alpha value is -0.780. The molecule has 0 aromatic carbocycles. The van der Waals surface area contributed by atoms with Gasteiger partial charge in [0.05, 0.1) is 0 Å². The monoisotopic (exact) mass is 154 g/mol. The third-order valence-corrected chi connectivity index (χ3v) is 0. The van der Waals surface area contributed by atoms with Crippen LogP contribution in [0.2, 0.25) is 0 Å². The van der Waals surface area contributed by atoms with E-state index in [1.54, 1.807) is 0 Å². The number of carboxylic acid groups (broad SMARTS) is 2. The molecule has 6 heteroatoms. The lowest BCUT2D eigenvalue weighted by molar-refractivity contribution is -0.415. The number of rotatable bonds is 0. The largest absolute Gasteiger partial charge is 0.652 e. The van der Waals surface area contributed by atoms with E-state index in [0.717, 1.165) is 12.5 Å². The first kappa shape index (κ1) is 11.1. The molecule has 0 amide bonds. The van der Waals surface area contributed by atoms with Crippen LogP contribution in [0.4, 0.5) is 4.79 Å². The van der Waals surface area contributed by atoms with Crippen molar-refractivity contribution in [2.75, 3.05) is 12.5 Å². The fourth-order valence-corrected chi connectivity index (χ4v) is 0. The highest BCUT2D eigenvalue weighted by atomic mass is 32.2.